The zero-order chi connectivity index (χ0) is 11.5. The third kappa shape index (κ3) is 1.71. The second-order valence-corrected chi connectivity index (χ2v) is 3.54. The molecule has 6 heteroatoms. The van der Waals surface area contributed by atoms with Gasteiger partial charge in [-0.15, -0.1) is 0 Å². The number of nitrogens with one attached hydrogen (secondary N) is 1. The van der Waals surface area contributed by atoms with Crippen LogP contribution in [0.25, 0.3) is 11.4 Å². The van der Waals surface area contributed by atoms with Crippen LogP contribution in [0.1, 0.15) is 6.92 Å². The normalized spacial score (nSPS) is 10.4. The molecule has 1 N–H and O–H groups in total. The Morgan fingerprint density at radius 2 is 2.38 bits per heavy atom. The van der Waals surface area contributed by atoms with Crippen molar-refractivity contribution >= 4 is 12.2 Å². The predicted molar refractivity (Wildman–Crippen MR) is 62.9 cm³/mol. The fraction of sp³-hybridized carbons (Fsp3) is 0.300. The van der Waals surface area contributed by atoms with Crippen LogP contribution in [-0.2, 0) is 6.54 Å². The zero-order valence-electron chi connectivity index (χ0n) is 9.10. The van der Waals surface area contributed by atoms with Gasteiger partial charge in [-0.25, -0.2) is 4.98 Å². The highest BCUT2D eigenvalue weighted by Gasteiger charge is 2.12. The SMILES string of the molecule is CCn1c(-c2cccnc2OC)n[nH]c1=S. The Morgan fingerprint density at radius 3 is 3.06 bits per heavy atom. The maximum Gasteiger partial charge on any atom is 0.224 e. The van der Waals surface area contributed by atoms with Crippen LogP contribution in [0.2, 0.25) is 0 Å². The van der Waals surface area contributed by atoms with Gasteiger partial charge in [0, 0.05) is 12.7 Å². The molecule has 0 saturated heterocycles. The number of hydrogen-bond acceptors (Lipinski definition) is 4. The molecule has 0 fully saturated rings. The topological polar surface area (TPSA) is 55.7 Å². The summed E-state index contributed by atoms with van der Waals surface area (Å²) in [5.74, 6) is 1.30. The lowest BCUT2D eigenvalue weighted by Crippen LogP contribution is -2.00. The average Bonchev–Trinajstić information content (AvgIpc) is 2.70. The Kier molecular flexibility index (Phi) is 3.00. The molecule has 2 aromatic rings. The molecular formula is C10H12N4OS. The minimum absolute atomic E-state index is 0.547. The Balaban J connectivity index is 2.62. The summed E-state index contributed by atoms with van der Waals surface area (Å²) in [6, 6.07) is 3.75. The third-order valence-corrected chi connectivity index (χ3v) is 2.59. The van der Waals surface area contributed by atoms with Gasteiger partial charge in [-0.05, 0) is 31.3 Å². The van der Waals surface area contributed by atoms with Crippen molar-refractivity contribution in [2.24, 2.45) is 0 Å². The van der Waals surface area contributed by atoms with Gasteiger partial charge in [0.2, 0.25) is 5.88 Å². The maximum absolute atomic E-state index is 5.20. The van der Waals surface area contributed by atoms with Crippen molar-refractivity contribution in [3.8, 4) is 17.3 Å². The number of rotatable bonds is 3. The molecule has 0 saturated carbocycles. The molecule has 0 aliphatic heterocycles. The second-order valence-electron chi connectivity index (χ2n) is 3.16. The Morgan fingerprint density at radius 1 is 1.56 bits per heavy atom. The van der Waals surface area contributed by atoms with E-state index in [2.05, 4.69) is 15.2 Å². The third-order valence-electron chi connectivity index (χ3n) is 2.28. The van der Waals surface area contributed by atoms with Crippen molar-refractivity contribution in [3.05, 3.63) is 23.1 Å². The Bertz CT molecular complexity index is 546. The summed E-state index contributed by atoms with van der Waals surface area (Å²) in [6.07, 6.45) is 1.68. The summed E-state index contributed by atoms with van der Waals surface area (Å²) in [5, 5.41) is 6.96. The van der Waals surface area contributed by atoms with Crippen LogP contribution in [0.5, 0.6) is 5.88 Å². The molecule has 16 heavy (non-hydrogen) atoms. The highest BCUT2D eigenvalue weighted by atomic mass is 32.1. The summed E-state index contributed by atoms with van der Waals surface area (Å²) in [6.45, 7) is 2.76. The van der Waals surface area contributed by atoms with Crippen LogP contribution in [0, 0.1) is 4.77 Å². The van der Waals surface area contributed by atoms with E-state index in [4.69, 9.17) is 17.0 Å². The quantitative estimate of drug-likeness (QED) is 0.828. The van der Waals surface area contributed by atoms with E-state index in [1.165, 1.54) is 0 Å². The fourth-order valence-electron chi connectivity index (χ4n) is 1.54. The molecule has 2 rings (SSSR count). The van der Waals surface area contributed by atoms with E-state index < -0.39 is 0 Å². The lowest BCUT2D eigenvalue weighted by molar-refractivity contribution is 0.399. The number of pyridine rings is 1. The van der Waals surface area contributed by atoms with Crippen LogP contribution in [0.4, 0.5) is 0 Å². The van der Waals surface area contributed by atoms with Crippen molar-refractivity contribution in [2.75, 3.05) is 7.11 Å². The van der Waals surface area contributed by atoms with Crippen molar-refractivity contribution < 1.29 is 4.74 Å². The molecule has 0 bridgehead atoms. The number of aromatic nitrogens is 4. The van der Waals surface area contributed by atoms with Crippen LogP contribution in [0.3, 0.4) is 0 Å². The molecule has 0 aliphatic rings. The largest absolute Gasteiger partial charge is 0.480 e. The van der Waals surface area contributed by atoms with Gasteiger partial charge in [0.1, 0.15) is 0 Å². The van der Waals surface area contributed by atoms with E-state index in [9.17, 15) is 0 Å². The first-order chi connectivity index (χ1) is 7.77. The summed E-state index contributed by atoms with van der Waals surface area (Å²) < 4.78 is 7.69. The van der Waals surface area contributed by atoms with Crippen LogP contribution in [-0.4, -0.2) is 26.9 Å². The van der Waals surface area contributed by atoms with Crippen LogP contribution < -0.4 is 4.74 Å². The Hall–Kier alpha value is -1.69. The van der Waals surface area contributed by atoms with E-state index in [-0.39, 0.29) is 0 Å². The smallest absolute Gasteiger partial charge is 0.224 e. The standard InChI is InChI=1S/C10H12N4OS/c1-3-14-8(12-13-10(14)16)7-5-4-6-11-9(7)15-2/h4-6H,3H2,1-2H3,(H,13,16). The van der Waals surface area contributed by atoms with Crippen LogP contribution in [0.15, 0.2) is 18.3 Å². The average molecular weight is 236 g/mol. The first-order valence-corrected chi connectivity index (χ1v) is 5.33. The lowest BCUT2D eigenvalue weighted by atomic mass is 10.2. The van der Waals surface area contributed by atoms with Gasteiger partial charge < -0.3 is 9.30 Å². The maximum atomic E-state index is 5.20. The van der Waals surface area contributed by atoms with Gasteiger partial charge in [-0.1, -0.05) is 0 Å². The predicted octanol–water partition coefficient (Wildman–Crippen LogP) is 2.03. The molecule has 0 aliphatic carbocycles. The number of nitrogens with zero attached hydrogens (tertiary/aromatic N) is 3. The van der Waals surface area contributed by atoms with E-state index in [1.54, 1.807) is 13.3 Å². The summed E-state index contributed by atoms with van der Waals surface area (Å²) in [7, 11) is 1.59. The van der Waals surface area contributed by atoms with Gasteiger partial charge in [0.15, 0.2) is 10.6 Å². The molecule has 84 valence electrons. The van der Waals surface area contributed by atoms with Crippen molar-refractivity contribution in [2.45, 2.75) is 13.5 Å². The van der Waals surface area contributed by atoms with Crippen molar-refractivity contribution in [3.63, 3.8) is 0 Å². The highest BCUT2D eigenvalue weighted by Crippen LogP contribution is 2.25. The molecule has 2 heterocycles. The number of methoxy groups -OCH3 is 1. The van der Waals surface area contributed by atoms with Gasteiger partial charge in [-0.2, -0.15) is 5.10 Å². The molecule has 0 radical (unpaired) electrons. The van der Waals surface area contributed by atoms with Gasteiger partial charge in [0.25, 0.3) is 0 Å². The summed E-state index contributed by atoms with van der Waals surface area (Å²) >= 11 is 5.14. The van der Waals surface area contributed by atoms with E-state index in [1.807, 2.05) is 23.6 Å². The van der Waals surface area contributed by atoms with Gasteiger partial charge >= 0.3 is 0 Å². The molecule has 0 spiro atoms. The fourth-order valence-corrected chi connectivity index (χ4v) is 1.80. The minimum atomic E-state index is 0.547. The zero-order valence-corrected chi connectivity index (χ0v) is 9.91. The number of H-pyrrole nitrogens is 1. The number of aromatic amines is 1. The lowest BCUT2D eigenvalue weighted by Gasteiger charge is -2.06. The number of ether oxygens (including phenoxy) is 1. The highest BCUT2D eigenvalue weighted by molar-refractivity contribution is 7.71. The van der Waals surface area contributed by atoms with Crippen LogP contribution >= 0.6 is 12.2 Å². The molecule has 5 nitrogen and oxygen atoms in total. The Labute approximate surface area is 98.1 Å². The molecule has 2 aromatic heterocycles. The molecular weight excluding hydrogens is 224 g/mol. The van der Waals surface area contributed by atoms with Gasteiger partial charge in [-0.3, -0.25) is 5.10 Å². The molecule has 0 aromatic carbocycles. The van der Waals surface area contributed by atoms with Gasteiger partial charge in [0.05, 0.1) is 12.7 Å². The molecule has 0 atom stereocenters. The monoisotopic (exact) mass is 236 g/mol. The molecule has 0 amide bonds. The van der Waals surface area contributed by atoms with E-state index in [0.29, 0.717) is 10.7 Å². The van der Waals surface area contributed by atoms with E-state index in [0.717, 1.165) is 17.9 Å². The summed E-state index contributed by atoms with van der Waals surface area (Å²) in [5.41, 5.74) is 0.833. The number of hydrogen-bond donors (Lipinski definition) is 1. The van der Waals surface area contributed by atoms with Crippen molar-refractivity contribution in [1.29, 1.82) is 0 Å². The van der Waals surface area contributed by atoms with Crippen molar-refractivity contribution in [1.82, 2.24) is 19.7 Å². The summed E-state index contributed by atoms with van der Waals surface area (Å²) in [4.78, 5) is 4.13. The minimum Gasteiger partial charge on any atom is -0.480 e. The first kappa shape index (κ1) is 10.8. The second kappa shape index (κ2) is 4.44. The van der Waals surface area contributed by atoms with E-state index >= 15 is 0 Å². The molecule has 0 unspecified atom stereocenters. The first-order valence-electron chi connectivity index (χ1n) is 4.92.